The second-order valence-electron chi connectivity index (χ2n) is 6.88. The highest BCUT2D eigenvalue weighted by molar-refractivity contribution is 7.80. The number of thiocarbonyl (C=S) groups is 1. The molecule has 6 heteroatoms. The molecule has 1 aromatic heterocycles. The van der Waals surface area contributed by atoms with Crippen LogP contribution in [0.1, 0.15) is 11.3 Å². The molecule has 2 heterocycles. The van der Waals surface area contributed by atoms with Gasteiger partial charge in [-0.15, -0.1) is 0 Å². The number of aryl methyl sites for hydroxylation is 1. The predicted molar refractivity (Wildman–Crippen MR) is 116 cm³/mol. The lowest BCUT2D eigenvalue weighted by Crippen LogP contribution is -2.48. The topological polar surface area (TPSA) is 19.6 Å². The fraction of sp³-hybridized carbons (Fsp3) is 0.227. The summed E-state index contributed by atoms with van der Waals surface area (Å²) < 4.78 is 19.1. The minimum atomic E-state index is -0.216. The third-order valence-electron chi connectivity index (χ3n) is 5.03. The van der Waals surface area contributed by atoms with E-state index in [-0.39, 0.29) is 5.82 Å². The third-order valence-corrected chi connectivity index (χ3v) is 5.90. The summed E-state index contributed by atoms with van der Waals surface area (Å²) in [4.78, 5) is 5.10. The van der Waals surface area contributed by atoms with Gasteiger partial charge in [0.1, 0.15) is 16.6 Å². The molecule has 4 rings (SSSR count). The van der Waals surface area contributed by atoms with Crippen LogP contribution >= 0.6 is 23.8 Å². The van der Waals surface area contributed by atoms with Gasteiger partial charge in [0.2, 0.25) is 0 Å². The largest absolute Gasteiger partial charge is 0.454 e. The van der Waals surface area contributed by atoms with E-state index in [1.165, 1.54) is 12.1 Å². The van der Waals surface area contributed by atoms with Gasteiger partial charge in [0.25, 0.3) is 0 Å². The maximum Gasteiger partial charge on any atom is 0.162 e. The van der Waals surface area contributed by atoms with E-state index in [2.05, 4.69) is 9.80 Å². The van der Waals surface area contributed by atoms with Gasteiger partial charge in [-0.25, -0.2) is 4.39 Å². The Kier molecular flexibility index (Phi) is 5.38. The number of halogens is 2. The number of hydrogen-bond acceptors (Lipinski definition) is 3. The number of anilines is 1. The van der Waals surface area contributed by atoms with E-state index in [1.54, 1.807) is 0 Å². The standard InChI is InChI=1S/C22H20ClFN2OS/c1-15-2-3-16(14-19(15)23)20-8-9-21(27-20)22(28)26-12-10-25(11-13-26)18-6-4-17(24)5-7-18/h2-9,14H,10-13H2,1H3. The van der Waals surface area contributed by atoms with Gasteiger partial charge in [-0.3, -0.25) is 0 Å². The zero-order valence-corrected chi connectivity index (χ0v) is 17.1. The molecule has 0 aliphatic carbocycles. The molecule has 1 fully saturated rings. The quantitative estimate of drug-likeness (QED) is 0.523. The molecule has 1 saturated heterocycles. The van der Waals surface area contributed by atoms with Crippen molar-refractivity contribution >= 4 is 34.5 Å². The van der Waals surface area contributed by atoms with Gasteiger partial charge in [0.05, 0.1) is 0 Å². The van der Waals surface area contributed by atoms with Gasteiger partial charge < -0.3 is 14.2 Å². The fourth-order valence-corrected chi connectivity index (χ4v) is 3.80. The SMILES string of the molecule is Cc1ccc(-c2ccc(C(=S)N3CCN(c4ccc(F)cc4)CC3)o2)cc1Cl. The molecule has 1 aliphatic heterocycles. The average Bonchev–Trinajstić information content (AvgIpc) is 3.20. The van der Waals surface area contributed by atoms with Crippen molar-refractivity contribution in [2.75, 3.05) is 31.1 Å². The van der Waals surface area contributed by atoms with E-state index >= 15 is 0 Å². The smallest absolute Gasteiger partial charge is 0.162 e. The molecular formula is C22H20ClFN2OS. The first-order valence-corrected chi connectivity index (χ1v) is 9.96. The van der Waals surface area contributed by atoms with E-state index < -0.39 is 0 Å². The lowest BCUT2D eigenvalue weighted by molar-refractivity contribution is 0.385. The van der Waals surface area contributed by atoms with E-state index in [4.69, 9.17) is 28.2 Å². The Morgan fingerprint density at radius 1 is 1.00 bits per heavy atom. The van der Waals surface area contributed by atoms with E-state index in [9.17, 15) is 4.39 Å². The summed E-state index contributed by atoms with van der Waals surface area (Å²) in [5.74, 6) is 1.23. The zero-order valence-electron chi connectivity index (χ0n) is 15.5. The maximum absolute atomic E-state index is 13.1. The summed E-state index contributed by atoms with van der Waals surface area (Å²) in [6.07, 6.45) is 0. The van der Waals surface area contributed by atoms with E-state index in [0.29, 0.717) is 10.7 Å². The van der Waals surface area contributed by atoms with E-state index in [1.807, 2.05) is 49.4 Å². The van der Waals surface area contributed by atoms with Crippen LogP contribution < -0.4 is 4.90 Å². The molecular weight excluding hydrogens is 395 g/mol. The van der Waals surface area contributed by atoms with Crippen LogP contribution in [-0.4, -0.2) is 36.1 Å². The van der Waals surface area contributed by atoms with Gasteiger partial charge in [0, 0.05) is 42.5 Å². The fourth-order valence-electron chi connectivity index (χ4n) is 3.33. The number of furan rings is 1. The highest BCUT2D eigenvalue weighted by atomic mass is 35.5. The molecule has 0 unspecified atom stereocenters. The molecule has 0 N–H and O–H groups in total. The molecule has 2 aromatic carbocycles. The van der Waals surface area contributed by atoms with Crippen LogP contribution in [0.2, 0.25) is 5.02 Å². The lowest BCUT2D eigenvalue weighted by Gasteiger charge is -2.37. The molecule has 0 saturated carbocycles. The molecule has 0 radical (unpaired) electrons. The lowest BCUT2D eigenvalue weighted by atomic mass is 10.1. The summed E-state index contributed by atoms with van der Waals surface area (Å²) in [6.45, 7) is 5.21. The van der Waals surface area contributed by atoms with Crippen LogP contribution in [0.5, 0.6) is 0 Å². The van der Waals surface area contributed by atoms with Crippen LogP contribution in [-0.2, 0) is 0 Å². The highest BCUT2D eigenvalue weighted by Crippen LogP contribution is 2.28. The summed E-state index contributed by atoms with van der Waals surface area (Å²) in [6, 6.07) is 16.3. The van der Waals surface area contributed by atoms with Crippen molar-refractivity contribution in [1.29, 1.82) is 0 Å². The van der Waals surface area contributed by atoms with Crippen molar-refractivity contribution in [3.8, 4) is 11.3 Å². The number of benzene rings is 2. The van der Waals surface area contributed by atoms with Gasteiger partial charge >= 0.3 is 0 Å². The van der Waals surface area contributed by atoms with Crippen LogP contribution in [0.3, 0.4) is 0 Å². The molecule has 144 valence electrons. The van der Waals surface area contributed by atoms with Gasteiger partial charge in [0.15, 0.2) is 5.76 Å². The van der Waals surface area contributed by atoms with Crippen LogP contribution in [0.25, 0.3) is 11.3 Å². The number of rotatable bonds is 3. The van der Waals surface area contributed by atoms with Crippen molar-refractivity contribution in [2.24, 2.45) is 0 Å². The molecule has 0 atom stereocenters. The summed E-state index contributed by atoms with van der Waals surface area (Å²) in [5, 5.41) is 0.718. The van der Waals surface area contributed by atoms with Crippen molar-refractivity contribution in [3.05, 3.63) is 76.8 Å². The van der Waals surface area contributed by atoms with E-state index in [0.717, 1.165) is 53.8 Å². The van der Waals surface area contributed by atoms with Crippen LogP contribution in [0.4, 0.5) is 10.1 Å². The molecule has 0 spiro atoms. The Morgan fingerprint density at radius 2 is 1.71 bits per heavy atom. The van der Waals surface area contributed by atoms with Gasteiger partial charge in [-0.05, 0) is 55.0 Å². The summed E-state index contributed by atoms with van der Waals surface area (Å²) in [7, 11) is 0. The minimum absolute atomic E-state index is 0.216. The Labute approximate surface area is 174 Å². The number of nitrogens with zero attached hydrogens (tertiary/aromatic N) is 2. The van der Waals surface area contributed by atoms with Crippen LogP contribution in [0, 0.1) is 12.7 Å². The summed E-state index contributed by atoms with van der Waals surface area (Å²) in [5.41, 5.74) is 3.00. The second kappa shape index (κ2) is 7.94. The maximum atomic E-state index is 13.1. The molecule has 0 bridgehead atoms. The molecule has 3 nitrogen and oxygen atoms in total. The first-order chi connectivity index (χ1) is 13.5. The first-order valence-electron chi connectivity index (χ1n) is 9.17. The van der Waals surface area contributed by atoms with Gasteiger partial charge in [-0.2, -0.15) is 0 Å². The minimum Gasteiger partial charge on any atom is -0.454 e. The summed E-state index contributed by atoms with van der Waals surface area (Å²) >= 11 is 11.9. The van der Waals surface area contributed by atoms with Gasteiger partial charge in [-0.1, -0.05) is 36.0 Å². The highest BCUT2D eigenvalue weighted by Gasteiger charge is 2.22. The predicted octanol–water partition coefficient (Wildman–Crippen LogP) is 5.55. The number of hydrogen-bond donors (Lipinski definition) is 0. The van der Waals surface area contributed by atoms with Crippen molar-refractivity contribution in [3.63, 3.8) is 0 Å². The van der Waals surface area contributed by atoms with Crippen molar-refractivity contribution in [1.82, 2.24) is 4.90 Å². The zero-order chi connectivity index (χ0) is 19.7. The van der Waals surface area contributed by atoms with Crippen LogP contribution in [0.15, 0.2) is 59.0 Å². The third kappa shape index (κ3) is 3.91. The molecule has 0 amide bonds. The monoisotopic (exact) mass is 414 g/mol. The second-order valence-corrected chi connectivity index (χ2v) is 7.68. The first kappa shape index (κ1) is 19.0. The average molecular weight is 415 g/mol. The normalized spacial score (nSPS) is 14.4. The number of piperazine rings is 1. The Hall–Kier alpha value is -2.37. The Bertz CT molecular complexity index is 994. The Morgan fingerprint density at radius 3 is 2.39 bits per heavy atom. The molecule has 28 heavy (non-hydrogen) atoms. The van der Waals surface area contributed by atoms with Crippen molar-refractivity contribution in [2.45, 2.75) is 6.92 Å². The Balaban J connectivity index is 1.42. The molecule has 3 aromatic rings. The van der Waals surface area contributed by atoms with Crippen molar-refractivity contribution < 1.29 is 8.81 Å². The molecule has 1 aliphatic rings.